The van der Waals surface area contributed by atoms with E-state index < -0.39 is 127 Å². The van der Waals surface area contributed by atoms with Gasteiger partial charge >= 0.3 is 33.3 Å². The predicted molar refractivity (Wildman–Crippen MR) is 272 cm³/mol. The van der Waals surface area contributed by atoms with E-state index in [2.05, 4.69) is 28.4 Å². The molecule has 1 saturated heterocycles. The number of hydrogen-bond donors (Lipinski definition) is 8. The number of cyclic esters (lactones) is 1. The number of aromatic nitrogens is 2. The van der Waals surface area contributed by atoms with Gasteiger partial charge in [-0.3, -0.25) is 23.2 Å². The van der Waals surface area contributed by atoms with Crippen LogP contribution < -0.4 is 11.4 Å². The highest BCUT2D eigenvalue weighted by molar-refractivity contribution is 7.61. The zero-order valence-corrected chi connectivity index (χ0v) is 44.6. The molecule has 0 aliphatic carbocycles. The lowest BCUT2D eigenvalue weighted by Crippen LogP contribution is -2.52. The van der Waals surface area contributed by atoms with Crippen LogP contribution in [0.5, 0.6) is 0 Å². The van der Waals surface area contributed by atoms with E-state index in [-0.39, 0.29) is 18.7 Å². The number of fused-ring (bicyclic) bond motifs is 3. The Labute approximate surface area is 430 Å². The number of carbonyl (C=O) groups is 2. The van der Waals surface area contributed by atoms with Crippen molar-refractivity contribution in [1.82, 2.24) is 9.55 Å². The predicted octanol–water partition coefficient (Wildman–Crippen LogP) is 7.16. The van der Waals surface area contributed by atoms with Crippen molar-refractivity contribution in [1.29, 1.82) is 0 Å². The van der Waals surface area contributed by atoms with E-state index in [0.717, 1.165) is 75.0 Å². The summed E-state index contributed by atoms with van der Waals surface area (Å²) in [6, 6.07) is 1.22. The highest BCUT2D eigenvalue weighted by Gasteiger charge is 2.45. The Morgan fingerprint density at radius 2 is 1.44 bits per heavy atom. The molecule has 1 fully saturated rings. The number of phosphoric ester groups is 2. The molecule has 21 nitrogen and oxygen atoms in total. The molecule has 2 unspecified atom stereocenters. The first-order valence-corrected chi connectivity index (χ1v) is 29.2. The molecular formula is C50H85N3O18P2. The van der Waals surface area contributed by atoms with E-state index >= 15 is 0 Å². The molecule has 0 aromatic carbocycles. The minimum Gasteiger partial charge on any atom is -0.462 e. The van der Waals surface area contributed by atoms with Gasteiger partial charge in [-0.15, -0.1) is 0 Å². The van der Waals surface area contributed by atoms with Crippen LogP contribution in [0.3, 0.4) is 0 Å². The number of aliphatic hydroxyl groups is 5. The van der Waals surface area contributed by atoms with E-state index in [1.807, 2.05) is 6.92 Å². The summed E-state index contributed by atoms with van der Waals surface area (Å²) in [7, 11) is -11.3. The third kappa shape index (κ3) is 26.0. The van der Waals surface area contributed by atoms with Crippen molar-refractivity contribution in [3.63, 3.8) is 0 Å². The summed E-state index contributed by atoms with van der Waals surface area (Å²) in [5.41, 5.74) is 4.73. The quantitative estimate of drug-likeness (QED) is 0.0197. The summed E-state index contributed by atoms with van der Waals surface area (Å²) in [6.07, 6.45) is 15.9. The molecule has 1 aromatic heterocycles. The largest absolute Gasteiger partial charge is 0.481 e. The van der Waals surface area contributed by atoms with Crippen molar-refractivity contribution in [3.05, 3.63) is 59.2 Å². The van der Waals surface area contributed by atoms with E-state index in [4.69, 9.17) is 29.0 Å². The number of esters is 2. The number of aliphatic hydroxyl groups excluding tert-OH is 5. The molecule has 2 aliphatic heterocycles. The molecule has 1 aromatic rings. The molecule has 0 radical (unpaired) electrons. The zero-order valence-electron chi connectivity index (χ0n) is 42.8. The van der Waals surface area contributed by atoms with E-state index in [1.54, 1.807) is 0 Å². The topological polar surface area (TPSA) is 326 Å². The van der Waals surface area contributed by atoms with Crippen molar-refractivity contribution >= 4 is 33.4 Å². The second-order valence-electron chi connectivity index (χ2n) is 19.0. The van der Waals surface area contributed by atoms with Gasteiger partial charge in [-0.2, -0.15) is 9.29 Å². The van der Waals surface area contributed by atoms with E-state index in [0.29, 0.717) is 19.3 Å². The van der Waals surface area contributed by atoms with Gasteiger partial charge in [-0.1, -0.05) is 134 Å². The van der Waals surface area contributed by atoms with Crippen LogP contribution in [0, 0.1) is 11.8 Å². The summed E-state index contributed by atoms with van der Waals surface area (Å²) in [6.45, 7) is 1.44. The summed E-state index contributed by atoms with van der Waals surface area (Å²) < 4.78 is 58.6. The number of nitrogens with zero attached hydrogens (tertiary/aromatic N) is 2. The first-order chi connectivity index (χ1) is 34.9. The standard InChI is InChI=1S/C50H85N3O18P2/c1-3-5-7-8-9-10-11-12-13-14-15-16-17-18-19-20-22-27-45(57)66-34-38-35-67-72(62,63)71-73(64,65)68-36-43-48(60)47(59)39(30-29-37(54)25-21-6-4-2)41(55)33-42(56)40(26-23-24-28-46(58)69-38)49(70-43)53-32-31-44(51)52-50(53)61/h12-13,23-24,29-32,37-43,47-49,54-56,59-60H,3-11,14-22,25-28,33-36H2,1-2H3,(H,62,63)(H,64,65)(H2,51,52,61)/b13-12-,24-23-,30-29?/t37-,38-,39+,40-,41-,42+,43-,47+,48-,49-/m1/s1. The maximum Gasteiger partial charge on any atom is 0.481 e. The normalized spacial score (nSPS) is 30.2. The van der Waals surface area contributed by atoms with Crippen LogP contribution in [0.4, 0.5) is 5.82 Å². The Morgan fingerprint density at radius 3 is 2.08 bits per heavy atom. The monoisotopic (exact) mass is 1080 g/mol. The van der Waals surface area contributed by atoms with Gasteiger partial charge in [0.25, 0.3) is 0 Å². The summed E-state index contributed by atoms with van der Waals surface area (Å²) >= 11 is 0. The van der Waals surface area contributed by atoms with Crippen molar-refractivity contribution < 1.29 is 81.6 Å². The fourth-order valence-corrected chi connectivity index (χ4v) is 10.7. The average Bonchev–Trinajstić information content (AvgIpc) is 3.33. The molecule has 12 atom stereocenters. The minimum atomic E-state index is -5.69. The Hall–Kier alpha value is -3.14. The third-order valence-corrected chi connectivity index (χ3v) is 15.4. The van der Waals surface area contributed by atoms with Gasteiger partial charge < -0.3 is 55.3 Å². The minimum absolute atomic E-state index is 0.0555. The highest BCUT2D eigenvalue weighted by atomic mass is 31.3. The number of nitrogen functional groups attached to an aromatic ring is 1. The van der Waals surface area contributed by atoms with Crippen LogP contribution >= 0.6 is 15.6 Å². The maximum atomic E-state index is 13.3. The summed E-state index contributed by atoms with van der Waals surface area (Å²) in [5, 5.41) is 57.3. The summed E-state index contributed by atoms with van der Waals surface area (Å²) in [4.78, 5) is 64.1. The van der Waals surface area contributed by atoms with Crippen LogP contribution in [-0.2, 0) is 46.3 Å². The molecule has 73 heavy (non-hydrogen) atoms. The lowest BCUT2D eigenvalue weighted by atomic mass is 9.82. The first kappa shape index (κ1) is 64.1. The zero-order chi connectivity index (χ0) is 53.7. The SMILES string of the molecule is CCCCCCCC/C=C\CCCCCCCCCC(=O)OC[C@@H]1COP(=O)(O)OP(=O)(O)OC[C@H]2O[C@@H](n3ccc(N)nc3=O)[C@H](C/C=C\CC(=O)O1)[C@@H](O)C[C@@H](O)[C@H](C=C[C@H](O)CCCCC)[C@H](O)[C@@H]2O. The van der Waals surface area contributed by atoms with Gasteiger partial charge in [0.05, 0.1) is 44.1 Å². The lowest BCUT2D eigenvalue weighted by Gasteiger charge is -2.40. The van der Waals surface area contributed by atoms with Crippen LogP contribution in [0.15, 0.2) is 53.5 Å². The van der Waals surface area contributed by atoms with Crippen LogP contribution in [0.2, 0.25) is 0 Å². The Kier molecular flexibility index (Phi) is 31.0. The van der Waals surface area contributed by atoms with Gasteiger partial charge in [0.1, 0.15) is 30.9 Å². The second-order valence-corrected chi connectivity index (χ2v) is 22.0. The summed E-state index contributed by atoms with van der Waals surface area (Å²) in [5.74, 6) is -4.42. The molecule has 23 heteroatoms. The highest BCUT2D eigenvalue weighted by Crippen LogP contribution is 2.60. The Morgan fingerprint density at radius 1 is 0.836 bits per heavy atom. The van der Waals surface area contributed by atoms with E-state index in [9.17, 15) is 58.8 Å². The van der Waals surface area contributed by atoms with Crippen molar-refractivity contribution in [2.45, 2.75) is 210 Å². The Bertz CT molecular complexity index is 1990. The molecule has 2 aliphatic rings. The number of allylic oxidation sites excluding steroid dienone is 3. The number of phosphoric acid groups is 2. The van der Waals surface area contributed by atoms with Gasteiger partial charge in [0, 0.05) is 30.9 Å². The first-order valence-electron chi connectivity index (χ1n) is 26.3. The molecule has 3 heterocycles. The molecule has 9 N–H and O–H groups in total. The Balaban J connectivity index is 1.74. The average molecular weight is 1080 g/mol. The van der Waals surface area contributed by atoms with Crippen LogP contribution in [-0.4, -0.2) is 119 Å². The van der Waals surface area contributed by atoms with Crippen molar-refractivity contribution in [2.24, 2.45) is 11.8 Å². The second kappa shape index (κ2) is 35.2. The number of ether oxygens (including phenoxy) is 3. The number of rotatable bonds is 26. The number of anilines is 1. The number of hydrogen-bond acceptors (Lipinski definition) is 18. The lowest BCUT2D eigenvalue weighted by molar-refractivity contribution is -0.194. The molecule has 0 spiro atoms. The molecule has 0 amide bonds. The molecule has 2 bridgehead atoms. The van der Waals surface area contributed by atoms with Crippen molar-refractivity contribution in [2.75, 3.05) is 25.6 Å². The molecular weight excluding hydrogens is 993 g/mol. The van der Waals surface area contributed by atoms with Gasteiger partial charge in [-0.05, 0) is 51.0 Å². The van der Waals surface area contributed by atoms with Gasteiger partial charge in [0.2, 0.25) is 0 Å². The van der Waals surface area contributed by atoms with Crippen LogP contribution in [0.25, 0.3) is 0 Å². The fourth-order valence-electron chi connectivity index (χ4n) is 8.56. The third-order valence-electron chi connectivity index (χ3n) is 12.8. The van der Waals surface area contributed by atoms with Crippen LogP contribution in [0.1, 0.15) is 168 Å². The number of unbranched alkanes of at least 4 members (excludes halogenated alkanes) is 15. The molecule has 418 valence electrons. The maximum absolute atomic E-state index is 13.3. The molecule has 0 saturated carbocycles. The van der Waals surface area contributed by atoms with E-state index in [1.165, 1.54) is 68.9 Å². The smallest absolute Gasteiger partial charge is 0.462 e. The number of carbonyl (C=O) groups excluding carboxylic acids is 2. The van der Waals surface area contributed by atoms with Gasteiger partial charge in [-0.25, -0.2) is 13.9 Å². The molecule has 3 rings (SSSR count). The number of nitrogens with two attached hydrogens (primary N) is 1. The van der Waals surface area contributed by atoms with Gasteiger partial charge in [0.15, 0.2) is 6.10 Å². The van der Waals surface area contributed by atoms with Crippen molar-refractivity contribution in [3.8, 4) is 0 Å². The fraction of sp³-hybridized carbons (Fsp3) is 0.760.